The smallest absolute Gasteiger partial charge is 0.280 e. The number of ether oxygens (including phenoxy) is 1. The van der Waals surface area contributed by atoms with Crippen LogP contribution in [0.2, 0.25) is 0 Å². The number of aliphatic hydroxyl groups excluding tert-OH is 1. The van der Waals surface area contributed by atoms with E-state index in [1.807, 2.05) is 48.0 Å². The number of nitrogens with one attached hydrogen (secondary N) is 1. The summed E-state index contributed by atoms with van der Waals surface area (Å²) in [5.41, 5.74) is 6.05. The fourth-order valence-corrected chi connectivity index (χ4v) is 7.95. The molecule has 12 heteroatoms. The van der Waals surface area contributed by atoms with Crippen molar-refractivity contribution < 1.29 is 9.84 Å². The SMILES string of the molecule is CCn1cc(-c2ccnc(-n3ccn4c5c(cc4c3=O)CC(C)(C)C5)c2CO)cc(Nc2ccc(N3CCN(C4COC4)C[C@@H]3C)cn2)c1=O. The van der Waals surface area contributed by atoms with Gasteiger partial charge in [-0.25, -0.2) is 9.97 Å². The molecule has 7 heterocycles. The molecular weight excluding hydrogens is 632 g/mol. The van der Waals surface area contributed by atoms with Gasteiger partial charge in [-0.2, -0.15) is 0 Å². The van der Waals surface area contributed by atoms with Crippen LogP contribution in [0.25, 0.3) is 22.5 Å². The number of rotatable bonds is 8. The van der Waals surface area contributed by atoms with Crippen LogP contribution in [0.1, 0.15) is 44.5 Å². The lowest BCUT2D eigenvalue weighted by Crippen LogP contribution is -2.59. The van der Waals surface area contributed by atoms with Crippen molar-refractivity contribution in [2.75, 3.05) is 43.1 Å². The lowest BCUT2D eigenvalue weighted by Gasteiger charge is -2.46. The van der Waals surface area contributed by atoms with Gasteiger partial charge in [-0.05, 0) is 73.6 Å². The lowest BCUT2D eigenvalue weighted by atomic mass is 9.90. The van der Waals surface area contributed by atoms with Crippen molar-refractivity contribution in [1.82, 2.24) is 28.4 Å². The molecule has 0 radical (unpaired) electrons. The second-order valence-electron chi connectivity index (χ2n) is 14.7. The molecule has 2 aliphatic heterocycles. The standard InChI is InChI=1S/C38H44N8O4/c1-5-42-20-26(14-31(36(42)48)41-34-7-6-27(18-40-34)44-11-10-43(19-24(44)2)28-22-50-23-28)29-8-9-39-35(30(29)21-47)46-13-12-45-32(37(46)49)15-25-16-38(3,4)17-33(25)45/h6-9,12-15,18,20,24,28,47H,5,10-11,16-17,19,21-23H2,1-4H3,(H,40,41)/t24-/m0/s1. The molecule has 0 aromatic carbocycles. The molecule has 50 heavy (non-hydrogen) atoms. The fourth-order valence-electron chi connectivity index (χ4n) is 7.95. The predicted molar refractivity (Wildman–Crippen MR) is 194 cm³/mol. The summed E-state index contributed by atoms with van der Waals surface area (Å²) in [7, 11) is 0. The number of aliphatic hydroxyl groups is 1. The van der Waals surface area contributed by atoms with Crippen molar-refractivity contribution in [2.24, 2.45) is 5.41 Å². The summed E-state index contributed by atoms with van der Waals surface area (Å²) in [5, 5.41) is 14.0. The topological polar surface area (TPSA) is 122 Å². The first kappa shape index (κ1) is 32.4. The van der Waals surface area contributed by atoms with E-state index in [2.05, 4.69) is 45.9 Å². The molecule has 2 saturated heterocycles. The van der Waals surface area contributed by atoms with E-state index < -0.39 is 0 Å². The van der Waals surface area contributed by atoms with Gasteiger partial charge in [0.1, 0.15) is 22.8 Å². The van der Waals surface area contributed by atoms with Crippen LogP contribution in [0.5, 0.6) is 0 Å². The number of fused-ring (bicyclic) bond motifs is 3. The van der Waals surface area contributed by atoms with Crippen LogP contribution >= 0.6 is 0 Å². The molecule has 1 atom stereocenters. The molecule has 2 fully saturated rings. The maximum atomic E-state index is 13.9. The van der Waals surface area contributed by atoms with E-state index in [0.29, 0.717) is 58.2 Å². The van der Waals surface area contributed by atoms with E-state index >= 15 is 0 Å². The molecule has 260 valence electrons. The Morgan fingerprint density at radius 2 is 1.88 bits per heavy atom. The number of nitrogens with zero attached hydrogens (tertiary/aromatic N) is 7. The number of aromatic nitrogens is 5. The molecule has 0 bridgehead atoms. The highest BCUT2D eigenvalue weighted by Crippen LogP contribution is 2.37. The van der Waals surface area contributed by atoms with E-state index in [4.69, 9.17) is 4.74 Å². The van der Waals surface area contributed by atoms with E-state index in [1.165, 1.54) is 15.8 Å². The third-order valence-corrected chi connectivity index (χ3v) is 10.6. The number of piperazine rings is 1. The monoisotopic (exact) mass is 676 g/mol. The molecule has 0 spiro atoms. The predicted octanol–water partition coefficient (Wildman–Crippen LogP) is 4.00. The van der Waals surface area contributed by atoms with Gasteiger partial charge >= 0.3 is 0 Å². The number of hydrogen-bond donors (Lipinski definition) is 2. The van der Waals surface area contributed by atoms with Gasteiger partial charge in [0, 0.05) is 73.8 Å². The highest BCUT2D eigenvalue weighted by Gasteiger charge is 2.33. The zero-order valence-electron chi connectivity index (χ0n) is 29.1. The van der Waals surface area contributed by atoms with E-state index in [-0.39, 0.29) is 23.1 Å². The van der Waals surface area contributed by atoms with Gasteiger partial charge in [0.05, 0.1) is 37.7 Å². The summed E-state index contributed by atoms with van der Waals surface area (Å²) < 4.78 is 10.5. The van der Waals surface area contributed by atoms with Crippen molar-refractivity contribution in [3.05, 3.63) is 98.8 Å². The molecule has 5 aromatic heterocycles. The van der Waals surface area contributed by atoms with E-state index in [1.54, 1.807) is 29.2 Å². The van der Waals surface area contributed by atoms with Gasteiger partial charge in [0.2, 0.25) is 0 Å². The van der Waals surface area contributed by atoms with Crippen LogP contribution in [0.4, 0.5) is 17.2 Å². The minimum atomic E-state index is -0.347. The van der Waals surface area contributed by atoms with Gasteiger partial charge in [0.25, 0.3) is 11.1 Å². The third kappa shape index (κ3) is 5.61. The molecular formula is C38H44N8O4. The summed E-state index contributed by atoms with van der Waals surface area (Å²) in [6.45, 7) is 13.3. The summed E-state index contributed by atoms with van der Waals surface area (Å²) in [6, 6.07) is 10.4. The van der Waals surface area contributed by atoms with Crippen molar-refractivity contribution in [1.29, 1.82) is 0 Å². The zero-order valence-corrected chi connectivity index (χ0v) is 29.1. The number of hydrogen-bond acceptors (Lipinski definition) is 9. The Morgan fingerprint density at radius 1 is 1.04 bits per heavy atom. The Balaban J connectivity index is 1.09. The van der Waals surface area contributed by atoms with Crippen LogP contribution in [0, 0.1) is 5.41 Å². The van der Waals surface area contributed by atoms with Gasteiger partial charge in [-0.3, -0.25) is 19.1 Å². The molecule has 12 nitrogen and oxygen atoms in total. The number of pyridine rings is 3. The Labute approximate surface area is 290 Å². The molecule has 0 amide bonds. The largest absolute Gasteiger partial charge is 0.392 e. The fraction of sp³-hybridized carbons (Fsp3) is 0.421. The van der Waals surface area contributed by atoms with Crippen LogP contribution in [-0.4, -0.2) is 78.4 Å². The zero-order chi connectivity index (χ0) is 34.7. The Bertz CT molecular complexity index is 2200. The second kappa shape index (κ2) is 12.5. The van der Waals surface area contributed by atoms with Crippen molar-refractivity contribution in [3.8, 4) is 16.9 Å². The van der Waals surface area contributed by atoms with E-state index in [9.17, 15) is 14.7 Å². The number of anilines is 3. The molecule has 8 rings (SSSR count). The highest BCUT2D eigenvalue weighted by molar-refractivity contribution is 5.73. The third-order valence-electron chi connectivity index (χ3n) is 10.6. The van der Waals surface area contributed by atoms with Gasteiger partial charge in [-0.15, -0.1) is 0 Å². The Hall–Kier alpha value is -4.78. The molecule has 5 aromatic rings. The molecule has 0 unspecified atom stereocenters. The van der Waals surface area contributed by atoms with Gasteiger partial charge < -0.3 is 29.0 Å². The van der Waals surface area contributed by atoms with Crippen molar-refractivity contribution >= 4 is 22.7 Å². The summed E-state index contributed by atoms with van der Waals surface area (Å²) in [4.78, 5) is 41.5. The summed E-state index contributed by atoms with van der Waals surface area (Å²) in [6.07, 6.45) is 10.8. The summed E-state index contributed by atoms with van der Waals surface area (Å²) in [5.74, 6) is 0.917. The van der Waals surface area contributed by atoms with Crippen LogP contribution < -0.4 is 21.3 Å². The van der Waals surface area contributed by atoms with Crippen LogP contribution in [-0.2, 0) is 30.7 Å². The molecule has 1 aliphatic carbocycles. The highest BCUT2D eigenvalue weighted by atomic mass is 16.5. The maximum absolute atomic E-state index is 13.9. The Morgan fingerprint density at radius 3 is 2.58 bits per heavy atom. The average Bonchev–Trinajstić information content (AvgIpc) is 3.57. The van der Waals surface area contributed by atoms with Crippen molar-refractivity contribution in [2.45, 2.75) is 65.8 Å². The summed E-state index contributed by atoms with van der Waals surface area (Å²) >= 11 is 0. The molecule has 3 aliphatic rings. The minimum Gasteiger partial charge on any atom is -0.392 e. The van der Waals surface area contributed by atoms with Crippen molar-refractivity contribution in [3.63, 3.8) is 0 Å². The minimum absolute atomic E-state index is 0.170. The average molecular weight is 677 g/mol. The van der Waals surface area contributed by atoms with Gasteiger partial charge in [-0.1, -0.05) is 13.8 Å². The van der Waals surface area contributed by atoms with E-state index in [0.717, 1.165) is 51.4 Å². The normalized spacial score (nSPS) is 19.1. The first-order valence-corrected chi connectivity index (χ1v) is 17.5. The second-order valence-corrected chi connectivity index (χ2v) is 14.7. The van der Waals surface area contributed by atoms with Crippen LogP contribution in [0.3, 0.4) is 0 Å². The number of aryl methyl sites for hydroxylation is 1. The van der Waals surface area contributed by atoms with Gasteiger partial charge in [0.15, 0.2) is 0 Å². The first-order chi connectivity index (χ1) is 24.1. The first-order valence-electron chi connectivity index (χ1n) is 17.5. The lowest BCUT2D eigenvalue weighted by molar-refractivity contribution is -0.0691. The Kier molecular flexibility index (Phi) is 8.12. The van der Waals surface area contributed by atoms with Crippen LogP contribution in [0.15, 0.2) is 70.9 Å². The quantitative estimate of drug-likeness (QED) is 0.251. The molecule has 0 saturated carbocycles. The molecule has 2 N–H and O–H groups in total. The maximum Gasteiger partial charge on any atom is 0.280 e.